The Balaban J connectivity index is 1.48. The van der Waals surface area contributed by atoms with Gasteiger partial charge in [-0.05, 0) is 70.2 Å². The van der Waals surface area contributed by atoms with E-state index >= 15 is 0 Å². The molecule has 3 aromatic rings. The molecule has 1 aliphatic rings. The minimum atomic E-state index is -0.236. The van der Waals surface area contributed by atoms with Crippen LogP contribution in [0.15, 0.2) is 53.1 Å². The van der Waals surface area contributed by atoms with Gasteiger partial charge < -0.3 is 10.6 Å². The van der Waals surface area contributed by atoms with Gasteiger partial charge in [0.25, 0.3) is 0 Å². The van der Waals surface area contributed by atoms with E-state index in [1.807, 2.05) is 18.2 Å². The van der Waals surface area contributed by atoms with Crippen LogP contribution in [0.4, 0.5) is 21.7 Å². The lowest BCUT2D eigenvalue weighted by Gasteiger charge is -2.09. The van der Waals surface area contributed by atoms with Crippen molar-refractivity contribution in [2.45, 2.75) is 19.3 Å². The van der Waals surface area contributed by atoms with Gasteiger partial charge in [0.1, 0.15) is 5.82 Å². The number of amides is 1. The summed E-state index contributed by atoms with van der Waals surface area (Å²) in [5.41, 5.74) is 4.56. The van der Waals surface area contributed by atoms with Gasteiger partial charge in [-0.25, -0.2) is 14.4 Å². The van der Waals surface area contributed by atoms with E-state index in [1.54, 1.807) is 18.3 Å². The normalized spacial score (nSPS) is 12.6. The van der Waals surface area contributed by atoms with Crippen molar-refractivity contribution in [1.29, 1.82) is 0 Å². The molecule has 2 aromatic carbocycles. The van der Waals surface area contributed by atoms with E-state index in [0.717, 1.165) is 39.1 Å². The molecule has 5 nitrogen and oxygen atoms in total. The van der Waals surface area contributed by atoms with Gasteiger partial charge in [-0.1, -0.05) is 12.1 Å². The number of carbonyl (C=O) groups is 1. The van der Waals surface area contributed by atoms with E-state index in [1.165, 1.54) is 12.1 Å². The van der Waals surface area contributed by atoms with Crippen LogP contribution in [0.3, 0.4) is 0 Å². The van der Waals surface area contributed by atoms with Gasteiger partial charge in [0, 0.05) is 17.6 Å². The monoisotopic (exact) mass is 426 g/mol. The first kappa shape index (κ1) is 17.6. The number of carbonyl (C=O) groups excluding carboxylic acids is 1. The number of rotatable bonds is 5. The van der Waals surface area contributed by atoms with Crippen LogP contribution in [0.5, 0.6) is 0 Å². The predicted octanol–water partition coefficient (Wildman–Crippen LogP) is 4.40. The minimum Gasteiger partial charge on any atom is -0.326 e. The molecular formula is C20H16BrFN4O. The summed E-state index contributed by atoms with van der Waals surface area (Å²) in [6.45, 7) is 0. The van der Waals surface area contributed by atoms with Crippen molar-refractivity contribution in [2.24, 2.45) is 0 Å². The second-order valence-electron chi connectivity index (χ2n) is 6.34. The number of nitrogens with one attached hydrogen (secondary N) is 2. The molecule has 0 radical (unpaired) electrons. The first-order chi connectivity index (χ1) is 13.1. The number of hydrogen-bond acceptors (Lipinski definition) is 4. The van der Waals surface area contributed by atoms with Crippen LogP contribution in [0.25, 0.3) is 0 Å². The molecule has 2 N–H and O–H groups in total. The van der Waals surface area contributed by atoms with Gasteiger partial charge in [-0.3, -0.25) is 4.79 Å². The predicted molar refractivity (Wildman–Crippen MR) is 106 cm³/mol. The third-order valence-corrected chi connectivity index (χ3v) is 5.03. The van der Waals surface area contributed by atoms with Crippen LogP contribution in [0.1, 0.15) is 16.8 Å². The highest BCUT2D eigenvalue weighted by atomic mass is 79.9. The molecular weight excluding hydrogens is 411 g/mol. The Morgan fingerprint density at radius 1 is 1.15 bits per heavy atom. The quantitative estimate of drug-likeness (QED) is 0.634. The van der Waals surface area contributed by atoms with Crippen molar-refractivity contribution < 1.29 is 9.18 Å². The largest absolute Gasteiger partial charge is 0.326 e. The van der Waals surface area contributed by atoms with Crippen molar-refractivity contribution >= 4 is 39.2 Å². The first-order valence-electron chi connectivity index (χ1n) is 8.52. The number of aromatic nitrogens is 2. The zero-order valence-corrected chi connectivity index (χ0v) is 15.9. The second-order valence-corrected chi connectivity index (χ2v) is 7.19. The molecule has 1 amide bonds. The molecule has 0 aliphatic carbocycles. The maximum atomic E-state index is 13.0. The van der Waals surface area contributed by atoms with Gasteiger partial charge in [0.05, 0.1) is 16.6 Å². The van der Waals surface area contributed by atoms with Crippen molar-refractivity contribution in [3.05, 3.63) is 75.8 Å². The number of aryl methyl sites for hydroxylation is 2. The van der Waals surface area contributed by atoms with Crippen molar-refractivity contribution in [1.82, 2.24) is 9.97 Å². The van der Waals surface area contributed by atoms with Crippen LogP contribution < -0.4 is 10.6 Å². The first-order valence-corrected chi connectivity index (χ1v) is 9.32. The van der Waals surface area contributed by atoms with Gasteiger partial charge in [-0.2, -0.15) is 0 Å². The third kappa shape index (κ3) is 4.14. The summed E-state index contributed by atoms with van der Waals surface area (Å²) in [6, 6.07) is 12.2. The van der Waals surface area contributed by atoms with E-state index in [9.17, 15) is 9.18 Å². The van der Waals surface area contributed by atoms with E-state index in [-0.39, 0.29) is 11.7 Å². The summed E-state index contributed by atoms with van der Waals surface area (Å²) in [5.74, 6) is 0.259. The van der Waals surface area contributed by atoms with Crippen molar-refractivity contribution in [3.63, 3.8) is 0 Å². The van der Waals surface area contributed by atoms with Crippen LogP contribution in [0, 0.1) is 5.82 Å². The molecule has 0 saturated heterocycles. The Hall–Kier alpha value is -2.80. The molecule has 0 atom stereocenters. The van der Waals surface area contributed by atoms with E-state index in [0.29, 0.717) is 18.8 Å². The Morgan fingerprint density at radius 2 is 1.96 bits per heavy atom. The smallest absolute Gasteiger partial charge is 0.228 e. The van der Waals surface area contributed by atoms with Gasteiger partial charge in [-0.15, -0.1) is 0 Å². The fourth-order valence-electron chi connectivity index (χ4n) is 2.99. The molecule has 4 rings (SSSR count). The topological polar surface area (TPSA) is 66.9 Å². The highest BCUT2D eigenvalue weighted by molar-refractivity contribution is 9.10. The number of benzene rings is 2. The van der Waals surface area contributed by atoms with E-state index in [2.05, 4.69) is 36.5 Å². The number of halogens is 2. The average Bonchev–Trinajstić information content (AvgIpc) is 3.03. The SMILES string of the molecule is O=C1Cc2cc(Nc3ncc(Br)c(CCc4ccc(F)cc4)n3)ccc2N1. The summed E-state index contributed by atoms with van der Waals surface area (Å²) < 4.78 is 13.9. The number of anilines is 3. The molecule has 27 heavy (non-hydrogen) atoms. The molecule has 0 bridgehead atoms. The summed E-state index contributed by atoms with van der Waals surface area (Å²) >= 11 is 3.49. The van der Waals surface area contributed by atoms with Crippen LogP contribution in [-0.4, -0.2) is 15.9 Å². The summed E-state index contributed by atoms with van der Waals surface area (Å²) in [4.78, 5) is 20.4. The lowest BCUT2D eigenvalue weighted by molar-refractivity contribution is -0.115. The Morgan fingerprint density at radius 3 is 2.78 bits per heavy atom. The number of hydrogen-bond donors (Lipinski definition) is 2. The van der Waals surface area contributed by atoms with Gasteiger partial charge in [0.2, 0.25) is 11.9 Å². The molecule has 136 valence electrons. The lowest BCUT2D eigenvalue weighted by Crippen LogP contribution is -2.03. The Kier molecular flexibility index (Phi) is 4.85. The van der Waals surface area contributed by atoms with E-state index < -0.39 is 0 Å². The minimum absolute atomic E-state index is 0.00474. The Labute approximate surface area is 164 Å². The standard InChI is InChI=1S/C20H16BrFN4O/c21-16-11-23-20(24-15-6-8-17-13(9-15)10-19(27)25-17)26-18(16)7-3-12-1-4-14(22)5-2-12/h1-2,4-6,8-9,11H,3,7,10H2,(H,25,27)(H,23,24,26). The molecule has 0 fully saturated rings. The fourth-order valence-corrected chi connectivity index (χ4v) is 3.38. The average molecular weight is 427 g/mol. The molecule has 1 aromatic heterocycles. The Bertz CT molecular complexity index is 1010. The zero-order chi connectivity index (χ0) is 18.8. The highest BCUT2D eigenvalue weighted by Crippen LogP contribution is 2.27. The molecule has 1 aliphatic heterocycles. The summed E-state index contributed by atoms with van der Waals surface area (Å²) in [5, 5.41) is 6.00. The van der Waals surface area contributed by atoms with Crippen LogP contribution in [-0.2, 0) is 24.1 Å². The summed E-state index contributed by atoms with van der Waals surface area (Å²) in [7, 11) is 0. The molecule has 2 heterocycles. The zero-order valence-electron chi connectivity index (χ0n) is 14.3. The highest BCUT2D eigenvalue weighted by Gasteiger charge is 2.17. The van der Waals surface area contributed by atoms with Crippen molar-refractivity contribution in [2.75, 3.05) is 10.6 Å². The lowest BCUT2D eigenvalue weighted by atomic mass is 10.1. The van der Waals surface area contributed by atoms with Crippen LogP contribution >= 0.6 is 15.9 Å². The maximum absolute atomic E-state index is 13.0. The maximum Gasteiger partial charge on any atom is 0.228 e. The summed E-state index contributed by atoms with van der Waals surface area (Å²) in [6.07, 6.45) is 3.55. The third-order valence-electron chi connectivity index (χ3n) is 4.37. The number of fused-ring (bicyclic) bond motifs is 1. The molecule has 0 saturated carbocycles. The molecule has 0 spiro atoms. The van der Waals surface area contributed by atoms with E-state index in [4.69, 9.17) is 0 Å². The van der Waals surface area contributed by atoms with Gasteiger partial charge >= 0.3 is 0 Å². The van der Waals surface area contributed by atoms with Gasteiger partial charge in [0.15, 0.2) is 0 Å². The molecule has 0 unspecified atom stereocenters. The van der Waals surface area contributed by atoms with Crippen molar-refractivity contribution in [3.8, 4) is 0 Å². The number of nitrogens with zero attached hydrogens (tertiary/aromatic N) is 2. The fraction of sp³-hybridized carbons (Fsp3) is 0.150. The van der Waals surface area contributed by atoms with Crippen LogP contribution in [0.2, 0.25) is 0 Å². The second kappa shape index (κ2) is 7.44. The molecule has 7 heteroatoms.